The monoisotopic (exact) mass is 392 g/mol. The van der Waals surface area contributed by atoms with Crippen LogP contribution in [0.2, 0.25) is 0 Å². The first-order valence-electron chi connectivity index (χ1n) is 9.27. The van der Waals surface area contributed by atoms with Crippen LogP contribution in [0.1, 0.15) is 65.8 Å². The van der Waals surface area contributed by atoms with Gasteiger partial charge >= 0.3 is 0 Å². The third kappa shape index (κ3) is 3.38. The molecule has 1 fully saturated rings. The predicted molar refractivity (Wildman–Crippen MR) is 98.6 cm³/mol. The smallest absolute Gasteiger partial charge is 0.181 e. The second kappa shape index (κ2) is 7.28. The van der Waals surface area contributed by atoms with Crippen molar-refractivity contribution in [3.05, 3.63) is 28.3 Å². The normalized spacial score (nSPS) is 22.6. The van der Waals surface area contributed by atoms with Gasteiger partial charge < -0.3 is 4.74 Å². The van der Waals surface area contributed by atoms with Crippen molar-refractivity contribution >= 4 is 27.2 Å². The first-order chi connectivity index (χ1) is 12.7. The van der Waals surface area contributed by atoms with Crippen molar-refractivity contribution in [2.45, 2.75) is 57.5 Å². The number of ether oxygens (including phenoxy) is 1. The average molecular weight is 392 g/mol. The molecule has 0 saturated heterocycles. The Bertz CT molecular complexity index is 912. The topological polar surface area (TPSA) is 94.6 Å². The quantitative estimate of drug-likeness (QED) is 0.578. The molecule has 27 heavy (non-hydrogen) atoms. The van der Waals surface area contributed by atoms with Crippen molar-refractivity contribution in [1.82, 2.24) is 0 Å². The Morgan fingerprint density at radius 2 is 1.81 bits per heavy atom. The summed E-state index contributed by atoms with van der Waals surface area (Å²) in [5, 5.41) is 0. The number of hydrogen-bond acceptors (Lipinski definition) is 6. The number of sulfone groups is 1. The third-order valence-electron chi connectivity index (χ3n) is 5.44. The highest BCUT2D eigenvalue weighted by Crippen LogP contribution is 2.40. The molecule has 0 spiro atoms. The second-order valence-corrected chi connectivity index (χ2v) is 9.29. The van der Waals surface area contributed by atoms with Crippen LogP contribution >= 0.6 is 0 Å². The standard InChI is InChI=1S/C20H24O6S/c1-4-26-16-8-9-27(24,25)20-11(2)10-13(12(3)17(16)20)19(23)18-14(21)6-5-7-15(18)22/h10,16,18H,4-9H2,1-3H3. The molecule has 2 aliphatic rings. The van der Waals surface area contributed by atoms with E-state index in [9.17, 15) is 22.8 Å². The first kappa shape index (κ1) is 19.9. The van der Waals surface area contributed by atoms with Crippen LogP contribution in [0, 0.1) is 19.8 Å². The number of Topliss-reactive ketones (excluding diaryl/α,β-unsaturated/α-hetero) is 3. The van der Waals surface area contributed by atoms with Crippen LogP contribution in [0.4, 0.5) is 0 Å². The number of rotatable bonds is 4. The molecule has 1 heterocycles. The molecule has 146 valence electrons. The van der Waals surface area contributed by atoms with E-state index in [1.807, 2.05) is 6.92 Å². The summed E-state index contributed by atoms with van der Waals surface area (Å²) in [7, 11) is -3.46. The van der Waals surface area contributed by atoms with Gasteiger partial charge in [0.15, 0.2) is 27.2 Å². The van der Waals surface area contributed by atoms with Crippen molar-refractivity contribution < 1.29 is 27.5 Å². The summed E-state index contributed by atoms with van der Waals surface area (Å²) in [5.41, 5.74) is 1.70. The molecule has 1 aromatic rings. The number of aryl methyl sites for hydroxylation is 1. The van der Waals surface area contributed by atoms with Crippen molar-refractivity contribution in [1.29, 1.82) is 0 Å². The lowest BCUT2D eigenvalue weighted by atomic mass is 9.79. The molecule has 1 unspecified atom stereocenters. The van der Waals surface area contributed by atoms with Crippen molar-refractivity contribution in [2.75, 3.05) is 12.4 Å². The largest absolute Gasteiger partial charge is 0.374 e. The van der Waals surface area contributed by atoms with Crippen LogP contribution in [-0.2, 0) is 24.2 Å². The molecule has 0 bridgehead atoms. The summed E-state index contributed by atoms with van der Waals surface area (Å²) < 4.78 is 31.0. The van der Waals surface area contributed by atoms with Gasteiger partial charge in [0.05, 0.1) is 16.8 Å². The van der Waals surface area contributed by atoms with Gasteiger partial charge in [-0.1, -0.05) is 0 Å². The molecule has 1 saturated carbocycles. The second-order valence-electron chi connectivity index (χ2n) is 7.24. The fourth-order valence-corrected chi connectivity index (χ4v) is 6.10. The van der Waals surface area contributed by atoms with E-state index in [-0.39, 0.29) is 40.6 Å². The zero-order valence-electron chi connectivity index (χ0n) is 15.8. The molecule has 0 aromatic heterocycles. The molecule has 6 nitrogen and oxygen atoms in total. The minimum Gasteiger partial charge on any atom is -0.374 e. The predicted octanol–water partition coefficient (Wildman–Crippen LogP) is 2.68. The molecule has 1 aliphatic carbocycles. The van der Waals surface area contributed by atoms with Crippen molar-refractivity contribution in [3.8, 4) is 0 Å². The summed E-state index contributed by atoms with van der Waals surface area (Å²) in [5.74, 6) is -2.48. The fourth-order valence-electron chi connectivity index (χ4n) is 4.20. The SMILES string of the molecule is CCOC1CCS(=O)(=O)c2c(C)cc(C(=O)C3C(=O)CCCC3=O)c(C)c21. The number of carbonyl (C=O) groups excluding carboxylic acids is 3. The molecule has 1 atom stereocenters. The molecule has 7 heteroatoms. The number of ketones is 3. The molecule has 0 amide bonds. The highest BCUT2D eigenvalue weighted by molar-refractivity contribution is 7.91. The van der Waals surface area contributed by atoms with Crippen LogP contribution in [0.3, 0.4) is 0 Å². The van der Waals surface area contributed by atoms with E-state index in [0.29, 0.717) is 36.1 Å². The average Bonchev–Trinajstić information content (AvgIpc) is 2.59. The molecule has 1 aliphatic heterocycles. The van der Waals surface area contributed by atoms with Gasteiger partial charge in [-0.15, -0.1) is 0 Å². The Morgan fingerprint density at radius 1 is 1.19 bits per heavy atom. The molecule has 0 N–H and O–H groups in total. The minimum absolute atomic E-state index is 0.00215. The van der Waals surface area contributed by atoms with Gasteiger partial charge in [0.1, 0.15) is 5.92 Å². The van der Waals surface area contributed by atoms with Crippen LogP contribution in [0.5, 0.6) is 0 Å². The molecule has 1 aromatic carbocycles. The maximum Gasteiger partial charge on any atom is 0.181 e. The molecule has 0 radical (unpaired) electrons. The van der Waals surface area contributed by atoms with Crippen LogP contribution in [0.15, 0.2) is 11.0 Å². The Labute approximate surface area is 159 Å². The Kier molecular flexibility index (Phi) is 5.36. The van der Waals surface area contributed by atoms with Gasteiger partial charge in [-0.25, -0.2) is 8.42 Å². The zero-order chi connectivity index (χ0) is 19.9. The minimum atomic E-state index is -3.46. The Hall–Kier alpha value is -1.86. The lowest BCUT2D eigenvalue weighted by Crippen LogP contribution is -2.36. The van der Waals surface area contributed by atoms with E-state index in [4.69, 9.17) is 4.74 Å². The maximum atomic E-state index is 13.1. The first-order valence-corrected chi connectivity index (χ1v) is 10.9. The van der Waals surface area contributed by atoms with Gasteiger partial charge in [-0.3, -0.25) is 14.4 Å². The highest BCUT2D eigenvalue weighted by atomic mass is 32.2. The summed E-state index contributed by atoms with van der Waals surface area (Å²) in [6.45, 7) is 5.57. The summed E-state index contributed by atoms with van der Waals surface area (Å²) in [6, 6.07) is 1.51. The molecular weight excluding hydrogens is 368 g/mol. The number of benzene rings is 1. The van der Waals surface area contributed by atoms with E-state index < -0.39 is 27.6 Å². The fraction of sp³-hybridized carbons (Fsp3) is 0.550. The van der Waals surface area contributed by atoms with Gasteiger partial charge in [0.2, 0.25) is 0 Å². The Balaban J connectivity index is 2.18. The molecule has 3 rings (SSSR count). The van der Waals surface area contributed by atoms with Crippen LogP contribution in [0.25, 0.3) is 0 Å². The summed E-state index contributed by atoms with van der Waals surface area (Å²) in [6.07, 6.45) is 0.830. The van der Waals surface area contributed by atoms with Gasteiger partial charge in [0.25, 0.3) is 0 Å². The third-order valence-corrected chi connectivity index (χ3v) is 7.38. The van der Waals surface area contributed by atoms with E-state index >= 15 is 0 Å². The van der Waals surface area contributed by atoms with E-state index in [2.05, 4.69) is 0 Å². The van der Waals surface area contributed by atoms with Crippen LogP contribution in [-0.4, -0.2) is 38.1 Å². The molecular formula is C20H24O6S. The van der Waals surface area contributed by atoms with E-state index in [0.717, 1.165) is 0 Å². The van der Waals surface area contributed by atoms with Gasteiger partial charge in [-0.05, 0) is 50.8 Å². The van der Waals surface area contributed by atoms with Crippen LogP contribution < -0.4 is 0 Å². The van der Waals surface area contributed by atoms with E-state index in [1.54, 1.807) is 13.8 Å². The highest BCUT2D eigenvalue weighted by Gasteiger charge is 2.40. The van der Waals surface area contributed by atoms with Gasteiger partial charge in [0, 0.05) is 30.6 Å². The summed E-state index contributed by atoms with van der Waals surface area (Å²) >= 11 is 0. The number of hydrogen-bond donors (Lipinski definition) is 0. The maximum absolute atomic E-state index is 13.1. The summed E-state index contributed by atoms with van der Waals surface area (Å²) in [4.78, 5) is 37.7. The number of fused-ring (bicyclic) bond motifs is 1. The number of carbonyl (C=O) groups is 3. The lowest BCUT2D eigenvalue weighted by molar-refractivity contribution is -0.133. The van der Waals surface area contributed by atoms with Crippen molar-refractivity contribution in [2.24, 2.45) is 5.92 Å². The van der Waals surface area contributed by atoms with Gasteiger partial charge in [-0.2, -0.15) is 0 Å². The van der Waals surface area contributed by atoms with E-state index in [1.165, 1.54) is 6.07 Å². The Morgan fingerprint density at radius 3 is 2.41 bits per heavy atom. The van der Waals surface area contributed by atoms with Crippen molar-refractivity contribution in [3.63, 3.8) is 0 Å². The zero-order valence-corrected chi connectivity index (χ0v) is 16.6. The lowest BCUT2D eigenvalue weighted by Gasteiger charge is -2.30.